The molecular weight excluding hydrogens is 330 g/mol. The molecule has 2 aromatic carbocycles. The molecule has 0 aliphatic heterocycles. The zero-order chi connectivity index (χ0) is 17.8. The summed E-state index contributed by atoms with van der Waals surface area (Å²) >= 11 is 1.47. The van der Waals surface area contributed by atoms with Crippen molar-refractivity contribution in [1.29, 1.82) is 0 Å². The van der Waals surface area contributed by atoms with Gasteiger partial charge in [0.05, 0.1) is 22.0 Å². The maximum absolute atomic E-state index is 12.7. The highest BCUT2D eigenvalue weighted by Gasteiger charge is 2.21. The number of fused-ring (bicyclic) bond motifs is 1. The fraction of sp³-hybridized carbons (Fsp3) is 0.250. The predicted molar refractivity (Wildman–Crippen MR) is 103 cm³/mol. The third-order valence-electron chi connectivity index (χ3n) is 3.98. The summed E-state index contributed by atoms with van der Waals surface area (Å²) in [7, 11) is 1.84. The number of rotatable bonds is 5. The van der Waals surface area contributed by atoms with Crippen LogP contribution in [0.15, 0.2) is 59.6 Å². The lowest BCUT2D eigenvalue weighted by atomic mass is 10.2. The predicted octanol–water partition coefficient (Wildman–Crippen LogP) is 4.08. The van der Waals surface area contributed by atoms with Gasteiger partial charge in [0.25, 0.3) is 0 Å². The van der Waals surface area contributed by atoms with E-state index in [0.717, 1.165) is 27.3 Å². The van der Waals surface area contributed by atoms with Gasteiger partial charge in [-0.2, -0.15) is 0 Å². The average molecular weight is 351 g/mol. The Bertz CT molecular complexity index is 883. The number of aryl methyl sites for hydroxylation is 1. The molecule has 3 rings (SSSR count). The van der Waals surface area contributed by atoms with Gasteiger partial charge in [0.2, 0.25) is 5.91 Å². The minimum absolute atomic E-state index is 0.0863. The molecule has 0 fully saturated rings. The lowest BCUT2D eigenvalue weighted by Gasteiger charge is -2.21. The summed E-state index contributed by atoms with van der Waals surface area (Å²) in [6.45, 7) is 4.46. The van der Waals surface area contributed by atoms with Gasteiger partial charge < -0.3 is 4.90 Å². The van der Waals surface area contributed by atoms with Gasteiger partial charge in [-0.3, -0.25) is 4.79 Å². The Morgan fingerprint density at radius 1 is 1.04 bits per heavy atom. The molecular formula is C20H21N3OS. The second kappa shape index (κ2) is 7.66. The molecule has 0 bridgehead atoms. The molecule has 0 saturated heterocycles. The first-order chi connectivity index (χ1) is 12.0. The van der Waals surface area contributed by atoms with Crippen molar-refractivity contribution in [2.75, 3.05) is 7.05 Å². The highest BCUT2D eigenvalue weighted by Crippen LogP contribution is 2.27. The van der Waals surface area contributed by atoms with Gasteiger partial charge in [-0.05, 0) is 31.5 Å². The maximum atomic E-state index is 12.7. The lowest BCUT2D eigenvalue weighted by Crippen LogP contribution is -2.32. The molecule has 0 saturated carbocycles. The number of thioether (sulfide) groups is 1. The van der Waals surface area contributed by atoms with E-state index in [1.54, 1.807) is 4.90 Å². The quantitative estimate of drug-likeness (QED) is 0.650. The number of nitrogens with zero attached hydrogens (tertiary/aromatic N) is 3. The van der Waals surface area contributed by atoms with Crippen LogP contribution in [-0.2, 0) is 11.3 Å². The molecule has 3 aromatic rings. The Kier molecular flexibility index (Phi) is 5.34. The van der Waals surface area contributed by atoms with E-state index in [1.807, 2.05) is 75.5 Å². The van der Waals surface area contributed by atoms with Crippen LogP contribution >= 0.6 is 11.8 Å². The molecule has 0 radical (unpaired) electrons. The number of hydrogen-bond donors (Lipinski definition) is 0. The van der Waals surface area contributed by atoms with Gasteiger partial charge in [0.1, 0.15) is 5.03 Å². The van der Waals surface area contributed by atoms with E-state index in [4.69, 9.17) is 0 Å². The topological polar surface area (TPSA) is 46.1 Å². The number of carbonyl (C=O) groups excluding carboxylic acids is 1. The normalized spacial score (nSPS) is 12.1. The summed E-state index contributed by atoms with van der Waals surface area (Å²) in [6, 6.07) is 17.8. The van der Waals surface area contributed by atoms with E-state index < -0.39 is 0 Å². The van der Waals surface area contributed by atoms with E-state index in [2.05, 4.69) is 9.97 Å². The van der Waals surface area contributed by atoms with E-state index >= 15 is 0 Å². The van der Waals surface area contributed by atoms with Gasteiger partial charge in [0.15, 0.2) is 0 Å². The standard InChI is InChI=1S/C20H21N3OS/c1-14-19(22-18-12-8-7-11-17(18)21-14)25-15(2)20(24)23(3)13-16-9-5-4-6-10-16/h4-12,15H,13H2,1-3H3/t15-/m0/s1. The van der Waals surface area contributed by atoms with Crippen LogP contribution in [0.5, 0.6) is 0 Å². The van der Waals surface area contributed by atoms with Crippen molar-refractivity contribution in [3.63, 3.8) is 0 Å². The lowest BCUT2D eigenvalue weighted by molar-refractivity contribution is -0.129. The smallest absolute Gasteiger partial charge is 0.235 e. The first-order valence-corrected chi connectivity index (χ1v) is 9.11. The Balaban J connectivity index is 1.71. The third-order valence-corrected chi connectivity index (χ3v) is 5.14. The molecule has 1 heterocycles. The van der Waals surface area contributed by atoms with Crippen molar-refractivity contribution in [3.05, 3.63) is 65.9 Å². The number of para-hydroxylation sites is 2. The third kappa shape index (κ3) is 4.17. The van der Waals surface area contributed by atoms with Crippen LogP contribution in [0.25, 0.3) is 11.0 Å². The zero-order valence-corrected chi connectivity index (χ0v) is 15.5. The number of carbonyl (C=O) groups is 1. The van der Waals surface area contributed by atoms with Crippen LogP contribution in [0, 0.1) is 6.92 Å². The molecule has 1 amide bonds. The minimum atomic E-state index is -0.220. The summed E-state index contributed by atoms with van der Waals surface area (Å²) in [5.41, 5.74) is 3.71. The fourth-order valence-electron chi connectivity index (χ4n) is 2.65. The van der Waals surface area contributed by atoms with Gasteiger partial charge in [-0.25, -0.2) is 9.97 Å². The number of hydrogen-bond acceptors (Lipinski definition) is 4. The van der Waals surface area contributed by atoms with Crippen molar-refractivity contribution >= 4 is 28.7 Å². The average Bonchev–Trinajstić information content (AvgIpc) is 2.62. The maximum Gasteiger partial charge on any atom is 0.235 e. The van der Waals surface area contributed by atoms with Crippen molar-refractivity contribution in [1.82, 2.24) is 14.9 Å². The molecule has 5 heteroatoms. The summed E-state index contributed by atoms with van der Waals surface area (Å²) in [5, 5.41) is 0.593. The monoisotopic (exact) mass is 351 g/mol. The molecule has 0 unspecified atom stereocenters. The van der Waals surface area contributed by atoms with Crippen molar-refractivity contribution in [2.24, 2.45) is 0 Å². The summed E-state index contributed by atoms with van der Waals surface area (Å²) in [5.74, 6) is 0.0863. The Hall–Kier alpha value is -2.40. The number of benzene rings is 2. The fourth-order valence-corrected chi connectivity index (χ4v) is 3.63. The van der Waals surface area contributed by atoms with Crippen molar-refractivity contribution in [3.8, 4) is 0 Å². The number of amides is 1. The van der Waals surface area contributed by atoms with E-state index in [9.17, 15) is 4.79 Å². The van der Waals surface area contributed by atoms with Crippen LogP contribution < -0.4 is 0 Å². The molecule has 0 aliphatic rings. The Morgan fingerprint density at radius 3 is 2.32 bits per heavy atom. The molecule has 0 spiro atoms. The second-order valence-electron chi connectivity index (χ2n) is 6.04. The SMILES string of the molecule is Cc1nc2ccccc2nc1S[C@@H](C)C(=O)N(C)Cc1ccccc1. The van der Waals surface area contributed by atoms with Crippen molar-refractivity contribution in [2.45, 2.75) is 30.7 Å². The van der Waals surface area contributed by atoms with Crippen LogP contribution in [0.1, 0.15) is 18.2 Å². The van der Waals surface area contributed by atoms with Crippen LogP contribution in [0.4, 0.5) is 0 Å². The summed E-state index contributed by atoms with van der Waals surface area (Å²) < 4.78 is 0. The van der Waals surface area contributed by atoms with E-state index in [1.165, 1.54) is 11.8 Å². The van der Waals surface area contributed by atoms with E-state index in [0.29, 0.717) is 6.54 Å². The minimum Gasteiger partial charge on any atom is -0.340 e. The Morgan fingerprint density at radius 2 is 1.64 bits per heavy atom. The highest BCUT2D eigenvalue weighted by molar-refractivity contribution is 8.00. The molecule has 25 heavy (non-hydrogen) atoms. The first kappa shape index (κ1) is 17.4. The summed E-state index contributed by atoms with van der Waals surface area (Å²) in [4.78, 5) is 23.7. The number of aromatic nitrogens is 2. The molecule has 4 nitrogen and oxygen atoms in total. The molecule has 0 aliphatic carbocycles. The molecule has 1 atom stereocenters. The first-order valence-electron chi connectivity index (χ1n) is 8.23. The van der Waals surface area contributed by atoms with Gasteiger partial charge in [-0.1, -0.05) is 54.2 Å². The van der Waals surface area contributed by atoms with Crippen LogP contribution in [0.3, 0.4) is 0 Å². The van der Waals surface area contributed by atoms with Crippen LogP contribution in [-0.4, -0.2) is 33.1 Å². The zero-order valence-electron chi connectivity index (χ0n) is 14.6. The Labute approximate surface area is 152 Å². The largest absolute Gasteiger partial charge is 0.340 e. The van der Waals surface area contributed by atoms with Crippen LogP contribution in [0.2, 0.25) is 0 Å². The van der Waals surface area contributed by atoms with Crippen molar-refractivity contribution < 1.29 is 4.79 Å². The molecule has 128 valence electrons. The highest BCUT2D eigenvalue weighted by atomic mass is 32.2. The molecule has 1 aromatic heterocycles. The second-order valence-corrected chi connectivity index (χ2v) is 7.37. The van der Waals surface area contributed by atoms with Gasteiger partial charge >= 0.3 is 0 Å². The van der Waals surface area contributed by atoms with Gasteiger partial charge in [-0.15, -0.1) is 0 Å². The molecule has 0 N–H and O–H groups in total. The van der Waals surface area contributed by atoms with E-state index in [-0.39, 0.29) is 11.2 Å². The van der Waals surface area contributed by atoms with Gasteiger partial charge in [0, 0.05) is 13.6 Å². The summed E-state index contributed by atoms with van der Waals surface area (Å²) in [6.07, 6.45) is 0.